The predicted molar refractivity (Wildman–Crippen MR) is 92.9 cm³/mol. The smallest absolute Gasteiger partial charge is 0.258 e. The van der Waals surface area contributed by atoms with Gasteiger partial charge in [0.05, 0.1) is 5.69 Å². The molecule has 0 bridgehead atoms. The Balaban J connectivity index is 1.66. The van der Waals surface area contributed by atoms with E-state index in [1.807, 2.05) is 36.5 Å². The molecule has 1 atom stereocenters. The minimum absolute atomic E-state index is 0.00923. The highest BCUT2D eigenvalue weighted by Gasteiger charge is 2.27. The summed E-state index contributed by atoms with van der Waals surface area (Å²) in [5, 5.41) is 2.13. The molecular weight excluding hydrogens is 306 g/mol. The number of fused-ring (bicyclic) bond motifs is 1. The quantitative estimate of drug-likeness (QED) is 0.741. The Hall–Kier alpha value is -1.98. The molecule has 23 heavy (non-hydrogen) atoms. The zero-order chi connectivity index (χ0) is 15.8. The Labute approximate surface area is 139 Å². The van der Waals surface area contributed by atoms with E-state index in [-0.39, 0.29) is 5.56 Å². The van der Waals surface area contributed by atoms with Crippen molar-refractivity contribution in [2.24, 2.45) is 0 Å². The first-order valence-corrected chi connectivity index (χ1v) is 8.86. The van der Waals surface area contributed by atoms with Crippen LogP contribution < -0.4 is 5.56 Å². The Morgan fingerprint density at radius 3 is 3.04 bits per heavy atom. The molecular formula is C18H19N3OS. The number of aromatic nitrogens is 2. The van der Waals surface area contributed by atoms with E-state index >= 15 is 0 Å². The van der Waals surface area contributed by atoms with Crippen LogP contribution >= 0.6 is 11.3 Å². The molecule has 4 heterocycles. The minimum atomic E-state index is 0.00923. The lowest BCUT2D eigenvalue weighted by Gasteiger charge is -2.23. The molecule has 0 unspecified atom stereocenters. The van der Waals surface area contributed by atoms with Crippen molar-refractivity contribution in [2.75, 3.05) is 6.54 Å². The molecule has 5 heteroatoms. The third-order valence-corrected chi connectivity index (χ3v) is 5.51. The topological polar surface area (TPSA) is 37.6 Å². The van der Waals surface area contributed by atoms with Gasteiger partial charge < -0.3 is 0 Å². The van der Waals surface area contributed by atoms with Gasteiger partial charge in [-0.25, -0.2) is 4.98 Å². The number of hydrogen-bond acceptors (Lipinski definition) is 4. The number of rotatable bonds is 3. The third-order valence-electron chi connectivity index (χ3n) is 4.53. The van der Waals surface area contributed by atoms with Crippen LogP contribution in [0.25, 0.3) is 5.65 Å². The van der Waals surface area contributed by atoms with Crippen molar-refractivity contribution in [3.63, 3.8) is 0 Å². The lowest BCUT2D eigenvalue weighted by Crippen LogP contribution is -2.25. The van der Waals surface area contributed by atoms with Crippen molar-refractivity contribution >= 4 is 17.0 Å². The first kappa shape index (κ1) is 14.6. The van der Waals surface area contributed by atoms with Crippen LogP contribution in [-0.2, 0) is 6.54 Å². The molecule has 0 amide bonds. The normalized spacial score (nSPS) is 18.7. The molecule has 0 N–H and O–H groups in total. The Morgan fingerprint density at radius 2 is 2.22 bits per heavy atom. The van der Waals surface area contributed by atoms with Crippen LogP contribution in [0.1, 0.15) is 35.1 Å². The SMILES string of the molecule is Cc1cccc2nc(CN3CCC[C@@H]3c3cccs3)cc(=O)n12. The van der Waals surface area contributed by atoms with Crippen LogP contribution in [0, 0.1) is 6.92 Å². The van der Waals surface area contributed by atoms with E-state index in [2.05, 4.69) is 22.4 Å². The first-order chi connectivity index (χ1) is 11.2. The van der Waals surface area contributed by atoms with Crippen molar-refractivity contribution in [1.82, 2.24) is 14.3 Å². The van der Waals surface area contributed by atoms with Crippen LogP contribution in [0.15, 0.2) is 46.6 Å². The summed E-state index contributed by atoms with van der Waals surface area (Å²) in [6.45, 7) is 3.74. The van der Waals surface area contributed by atoms with E-state index in [4.69, 9.17) is 4.98 Å². The van der Waals surface area contributed by atoms with E-state index in [0.29, 0.717) is 6.04 Å². The van der Waals surface area contributed by atoms with E-state index in [1.54, 1.807) is 10.5 Å². The van der Waals surface area contributed by atoms with Crippen molar-refractivity contribution in [1.29, 1.82) is 0 Å². The molecule has 1 aliphatic rings. The molecule has 0 radical (unpaired) electrons. The summed E-state index contributed by atoms with van der Waals surface area (Å²) in [5.41, 5.74) is 2.53. The highest BCUT2D eigenvalue weighted by Crippen LogP contribution is 2.35. The summed E-state index contributed by atoms with van der Waals surface area (Å²) in [6, 6.07) is 12.3. The minimum Gasteiger partial charge on any atom is -0.290 e. The first-order valence-electron chi connectivity index (χ1n) is 7.98. The van der Waals surface area contributed by atoms with E-state index in [1.165, 1.54) is 17.7 Å². The Bertz CT molecular complexity index is 885. The standard InChI is InChI=1S/C18H19N3OS/c1-13-5-2-8-17-19-14(11-18(22)21(13)17)12-20-9-3-6-15(20)16-7-4-10-23-16/h2,4-5,7-8,10-11,15H,3,6,9,12H2,1H3/t15-/m1/s1. The van der Waals surface area contributed by atoms with Crippen LogP contribution in [0.3, 0.4) is 0 Å². The van der Waals surface area contributed by atoms with Crippen LogP contribution in [0.5, 0.6) is 0 Å². The fourth-order valence-corrected chi connectivity index (χ4v) is 4.37. The number of likely N-dealkylation sites (tertiary alicyclic amines) is 1. The summed E-state index contributed by atoms with van der Waals surface area (Å²) in [4.78, 5) is 21.0. The van der Waals surface area contributed by atoms with Crippen molar-refractivity contribution in [2.45, 2.75) is 32.4 Å². The van der Waals surface area contributed by atoms with Crippen LogP contribution in [0.2, 0.25) is 0 Å². The van der Waals surface area contributed by atoms with E-state index < -0.39 is 0 Å². The second kappa shape index (κ2) is 5.91. The molecule has 0 aliphatic carbocycles. The van der Waals surface area contributed by atoms with Gasteiger partial charge in [0.1, 0.15) is 5.65 Å². The molecule has 118 valence electrons. The summed E-state index contributed by atoms with van der Waals surface area (Å²) in [6.07, 6.45) is 2.39. The predicted octanol–water partition coefficient (Wildman–Crippen LogP) is 3.40. The van der Waals surface area contributed by atoms with Gasteiger partial charge in [0.2, 0.25) is 0 Å². The van der Waals surface area contributed by atoms with Crippen molar-refractivity contribution < 1.29 is 0 Å². The van der Waals surface area contributed by atoms with Crippen LogP contribution in [0.4, 0.5) is 0 Å². The van der Waals surface area contributed by atoms with Gasteiger partial charge in [-0.05, 0) is 49.9 Å². The van der Waals surface area contributed by atoms with E-state index in [9.17, 15) is 4.79 Å². The monoisotopic (exact) mass is 325 g/mol. The van der Waals surface area contributed by atoms with Crippen molar-refractivity contribution in [3.8, 4) is 0 Å². The maximum atomic E-state index is 12.4. The number of nitrogens with zero attached hydrogens (tertiary/aromatic N) is 3. The average Bonchev–Trinajstić information content (AvgIpc) is 3.17. The van der Waals surface area contributed by atoms with Gasteiger partial charge >= 0.3 is 0 Å². The average molecular weight is 325 g/mol. The largest absolute Gasteiger partial charge is 0.290 e. The molecule has 0 saturated carbocycles. The Kier molecular flexibility index (Phi) is 3.75. The molecule has 4 rings (SSSR count). The van der Waals surface area contributed by atoms with Gasteiger partial charge in [0.25, 0.3) is 5.56 Å². The van der Waals surface area contributed by atoms with Gasteiger partial charge in [-0.15, -0.1) is 11.3 Å². The lowest BCUT2D eigenvalue weighted by atomic mass is 10.2. The van der Waals surface area contributed by atoms with Crippen LogP contribution in [-0.4, -0.2) is 20.8 Å². The number of hydrogen-bond donors (Lipinski definition) is 0. The maximum absolute atomic E-state index is 12.4. The molecule has 0 spiro atoms. The highest BCUT2D eigenvalue weighted by molar-refractivity contribution is 7.10. The molecule has 3 aromatic heterocycles. The Morgan fingerprint density at radius 1 is 1.30 bits per heavy atom. The van der Waals surface area contributed by atoms with Gasteiger partial charge in [-0.1, -0.05) is 12.1 Å². The molecule has 1 fully saturated rings. The summed E-state index contributed by atoms with van der Waals surface area (Å²) in [7, 11) is 0. The molecule has 1 aliphatic heterocycles. The van der Waals surface area contributed by atoms with Crippen molar-refractivity contribution in [3.05, 3.63) is 68.4 Å². The summed E-state index contributed by atoms with van der Waals surface area (Å²) < 4.78 is 1.67. The fraction of sp³-hybridized carbons (Fsp3) is 0.333. The third kappa shape index (κ3) is 2.71. The van der Waals surface area contributed by atoms with Gasteiger partial charge in [0, 0.05) is 29.2 Å². The number of pyridine rings is 1. The zero-order valence-electron chi connectivity index (χ0n) is 13.1. The number of thiophene rings is 1. The molecule has 1 saturated heterocycles. The number of aryl methyl sites for hydroxylation is 1. The molecule has 4 nitrogen and oxygen atoms in total. The molecule has 3 aromatic rings. The fourth-order valence-electron chi connectivity index (χ4n) is 3.47. The maximum Gasteiger partial charge on any atom is 0.258 e. The van der Waals surface area contributed by atoms with Gasteiger partial charge in [-0.3, -0.25) is 14.1 Å². The summed E-state index contributed by atoms with van der Waals surface area (Å²) >= 11 is 1.81. The second-order valence-electron chi connectivity index (χ2n) is 6.09. The zero-order valence-corrected chi connectivity index (χ0v) is 13.9. The lowest BCUT2D eigenvalue weighted by molar-refractivity contribution is 0.248. The second-order valence-corrected chi connectivity index (χ2v) is 7.07. The molecule has 0 aromatic carbocycles. The summed E-state index contributed by atoms with van der Waals surface area (Å²) in [5.74, 6) is 0. The van der Waals surface area contributed by atoms with Gasteiger partial charge in [0.15, 0.2) is 0 Å². The highest BCUT2D eigenvalue weighted by atomic mass is 32.1. The van der Waals surface area contributed by atoms with E-state index in [0.717, 1.165) is 30.1 Å². The van der Waals surface area contributed by atoms with Gasteiger partial charge in [-0.2, -0.15) is 0 Å².